The summed E-state index contributed by atoms with van der Waals surface area (Å²) < 4.78 is 6.92. The smallest absolute Gasteiger partial charge is 0.312 e. The number of esters is 1. The predicted octanol–water partition coefficient (Wildman–Crippen LogP) is 3.11. The molecule has 3 nitrogen and oxygen atoms in total. The third kappa shape index (κ3) is 2.54. The maximum absolute atomic E-state index is 12.2. The van der Waals surface area contributed by atoms with Gasteiger partial charge in [-0.2, -0.15) is 0 Å². The monoisotopic (exact) mass is 344 g/mol. The average Bonchev–Trinajstić information content (AvgIpc) is 3.04. The van der Waals surface area contributed by atoms with E-state index in [1.54, 1.807) is 0 Å². The van der Waals surface area contributed by atoms with E-state index < -0.39 is 0 Å². The number of alkyl halides is 1. The molecule has 2 saturated heterocycles. The van der Waals surface area contributed by atoms with Gasteiger partial charge < -0.3 is 9.22 Å². The van der Waals surface area contributed by atoms with E-state index in [2.05, 4.69) is 23.0 Å². The molecule has 1 aliphatic carbocycles. The topological polar surface area (TPSA) is 26.3 Å². The molecule has 0 aromatic heterocycles. The Bertz CT molecular complexity index is 398. The molecule has 0 N–H and O–H groups in total. The first-order chi connectivity index (χ1) is 9.46. The van der Waals surface area contributed by atoms with E-state index in [0.29, 0.717) is 17.4 Å². The molecular formula is C16H27BrNO2+. The molecule has 0 amide bonds. The highest BCUT2D eigenvalue weighted by Crippen LogP contribution is 2.52. The molecule has 3 aliphatic rings. The summed E-state index contributed by atoms with van der Waals surface area (Å²) in [5.41, 5.74) is -0.251. The van der Waals surface area contributed by atoms with Gasteiger partial charge in [-0.15, -0.1) is 0 Å². The molecule has 0 bridgehead atoms. The number of carbonyl (C=O) groups is 1. The van der Waals surface area contributed by atoms with Crippen LogP contribution in [0.1, 0.15) is 45.4 Å². The number of piperidine rings is 2. The number of carbonyl (C=O) groups excluding carboxylic acids is 1. The summed E-state index contributed by atoms with van der Waals surface area (Å²) in [6.45, 7) is 5.29. The first-order valence-corrected chi connectivity index (χ1v) is 9.03. The van der Waals surface area contributed by atoms with Crippen molar-refractivity contribution in [3.05, 3.63) is 0 Å². The molecule has 0 radical (unpaired) electrons. The van der Waals surface area contributed by atoms with Crippen LogP contribution in [-0.4, -0.2) is 48.1 Å². The second kappa shape index (κ2) is 5.28. The average molecular weight is 345 g/mol. The van der Waals surface area contributed by atoms with E-state index in [4.69, 9.17) is 4.74 Å². The third-order valence-electron chi connectivity index (χ3n) is 6.04. The highest BCUT2D eigenvalue weighted by Gasteiger charge is 2.56. The van der Waals surface area contributed by atoms with Crippen LogP contribution in [0.5, 0.6) is 0 Å². The van der Waals surface area contributed by atoms with Crippen LogP contribution in [0.15, 0.2) is 0 Å². The highest BCUT2D eigenvalue weighted by atomic mass is 79.9. The first kappa shape index (κ1) is 14.8. The van der Waals surface area contributed by atoms with Crippen LogP contribution in [0, 0.1) is 11.3 Å². The third-order valence-corrected chi connectivity index (χ3v) is 7.37. The van der Waals surface area contributed by atoms with Crippen LogP contribution in [0.3, 0.4) is 0 Å². The molecule has 20 heavy (non-hydrogen) atoms. The molecule has 4 heteroatoms. The van der Waals surface area contributed by atoms with E-state index in [9.17, 15) is 4.79 Å². The zero-order valence-electron chi connectivity index (χ0n) is 12.7. The Hall–Kier alpha value is -0.0900. The zero-order valence-corrected chi connectivity index (χ0v) is 14.3. The molecule has 5 atom stereocenters. The van der Waals surface area contributed by atoms with Gasteiger partial charge in [0.1, 0.15) is 0 Å². The van der Waals surface area contributed by atoms with Crippen molar-refractivity contribution in [2.45, 2.75) is 56.3 Å². The summed E-state index contributed by atoms with van der Waals surface area (Å²) in [5.74, 6) is 0.587. The van der Waals surface area contributed by atoms with Crippen molar-refractivity contribution in [1.82, 2.24) is 0 Å². The molecule has 3 fully saturated rings. The fourth-order valence-corrected chi connectivity index (χ4v) is 5.16. The molecule has 2 heterocycles. The van der Waals surface area contributed by atoms with Gasteiger partial charge in [0.2, 0.25) is 0 Å². The number of rotatable bonds is 3. The Balaban J connectivity index is 1.58. The van der Waals surface area contributed by atoms with Crippen molar-refractivity contribution in [2.75, 3.05) is 26.7 Å². The molecule has 0 aromatic carbocycles. The van der Waals surface area contributed by atoms with Crippen molar-refractivity contribution in [3.63, 3.8) is 0 Å². The Morgan fingerprint density at radius 1 is 1.30 bits per heavy atom. The minimum absolute atomic E-state index is 0.00922. The van der Waals surface area contributed by atoms with Gasteiger partial charge in [-0.3, -0.25) is 4.79 Å². The lowest BCUT2D eigenvalue weighted by Crippen LogP contribution is -2.61. The minimum atomic E-state index is -0.251. The summed E-state index contributed by atoms with van der Waals surface area (Å²) in [6, 6.07) is 0.720. The normalized spacial score (nSPS) is 47.5. The second-order valence-electron chi connectivity index (χ2n) is 7.58. The second-order valence-corrected chi connectivity index (χ2v) is 8.68. The number of fused-ring (bicyclic) bond motifs is 1. The maximum Gasteiger partial charge on any atom is 0.312 e. The van der Waals surface area contributed by atoms with E-state index in [1.165, 1.54) is 49.7 Å². The SMILES string of the molecule is C[C@]1(C(=O)OC[C@@H]2CCC[N+]3(C)CCCC[C@H]23)C[C@H]1Br. The Kier molecular flexibility index (Phi) is 3.91. The Labute approximate surface area is 130 Å². The standard InChI is InChI=1S/C16H27BrNO2/c1-16(10-14(16)17)15(19)20-11-12-6-5-9-18(2)8-4-3-7-13(12)18/h12-14H,3-11H2,1-2H3/q+1/t12-,13+,14+,16-,18?/m0/s1. The van der Waals surface area contributed by atoms with Crippen LogP contribution in [0.2, 0.25) is 0 Å². The van der Waals surface area contributed by atoms with Crippen molar-refractivity contribution >= 4 is 21.9 Å². The number of quaternary nitrogens is 1. The predicted molar refractivity (Wildman–Crippen MR) is 82.7 cm³/mol. The van der Waals surface area contributed by atoms with Crippen molar-refractivity contribution in [2.24, 2.45) is 11.3 Å². The van der Waals surface area contributed by atoms with E-state index >= 15 is 0 Å². The van der Waals surface area contributed by atoms with Gasteiger partial charge in [-0.05, 0) is 39.0 Å². The maximum atomic E-state index is 12.2. The fourth-order valence-electron chi connectivity index (χ4n) is 4.30. The Morgan fingerprint density at radius 2 is 2.00 bits per heavy atom. The lowest BCUT2D eigenvalue weighted by Gasteiger charge is -2.51. The Morgan fingerprint density at radius 3 is 2.70 bits per heavy atom. The van der Waals surface area contributed by atoms with Crippen molar-refractivity contribution in [3.8, 4) is 0 Å². The molecule has 1 saturated carbocycles. The van der Waals surface area contributed by atoms with Gasteiger partial charge in [0, 0.05) is 17.2 Å². The lowest BCUT2D eigenvalue weighted by molar-refractivity contribution is -0.947. The quantitative estimate of drug-likeness (QED) is 0.446. The zero-order chi connectivity index (χ0) is 14.4. The number of hydrogen-bond donors (Lipinski definition) is 0. The van der Waals surface area contributed by atoms with Crippen LogP contribution in [0.25, 0.3) is 0 Å². The summed E-state index contributed by atoms with van der Waals surface area (Å²) in [5, 5.41) is 0. The van der Waals surface area contributed by atoms with Crippen LogP contribution >= 0.6 is 15.9 Å². The van der Waals surface area contributed by atoms with Crippen LogP contribution in [-0.2, 0) is 9.53 Å². The summed E-state index contributed by atoms with van der Waals surface area (Å²) in [7, 11) is 2.41. The van der Waals surface area contributed by atoms with Crippen LogP contribution in [0.4, 0.5) is 0 Å². The van der Waals surface area contributed by atoms with Crippen molar-refractivity contribution < 1.29 is 14.0 Å². The molecular weight excluding hydrogens is 318 g/mol. The summed E-state index contributed by atoms with van der Waals surface area (Å²) >= 11 is 3.53. The van der Waals surface area contributed by atoms with Crippen molar-refractivity contribution in [1.29, 1.82) is 0 Å². The largest absolute Gasteiger partial charge is 0.465 e. The van der Waals surface area contributed by atoms with Gasteiger partial charge in [0.25, 0.3) is 0 Å². The van der Waals surface area contributed by atoms with E-state index in [-0.39, 0.29) is 11.4 Å². The number of hydrogen-bond acceptors (Lipinski definition) is 2. The van der Waals surface area contributed by atoms with Gasteiger partial charge in [-0.1, -0.05) is 15.9 Å². The summed E-state index contributed by atoms with van der Waals surface area (Å²) in [4.78, 5) is 12.5. The first-order valence-electron chi connectivity index (χ1n) is 8.11. The van der Waals surface area contributed by atoms with E-state index in [0.717, 1.165) is 12.5 Å². The fraction of sp³-hybridized carbons (Fsp3) is 0.938. The number of nitrogens with zero attached hydrogens (tertiary/aromatic N) is 1. The molecule has 3 rings (SSSR count). The lowest BCUT2D eigenvalue weighted by atomic mass is 9.82. The number of halogens is 1. The van der Waals surface area contributed by atoms with E-state index in [1.807, 2.05) is 6.92 Å². The van der Waals surface area contributed by atoms with Crippen LogP contribution < -0.4 is 0 Å². The molecule has 0 aromatic rings. The summed E-state index contributed by atoms with van der Waals surface area (Å²) in [6.07, 6.45) is 7.48. The molecule has 2 aliphatic heterocycles. The van der Waals surface area contributed by atoms with Gasteiger partial charge >= 0.3 is 5.97 Å². The molecule has 1 unspecified atom stereocenters. The van der Waals surface area contributed by atoms with Gasteiger partial charge in [-0.25, -0.2) is 0 Å². The molecule has 114 valence electrons. The molecule has 0 spiro atoms. The van der Waals surface area contributed by atoms with Gasteiger partial charge in [0.15, 0.2) is 0 Å². The van der Waals surface area contributed by atoms with Gasteiger partial charge in [0.05, 0.1) is 38.2 Å². The number of ether oxygens (including phenoxy) is 1. The highest BCUT2D eigenvalue weighted by molar-refractivity contribution is 9.09. The minimum Gasteiger partial charge on any atom is -0.465 e.